The molecule has 2 aromatic heterocycles. The predicted molar refractivity (Wildman–Crippen MR) is 86.8 cm³/mol. The van der Waals surface area contributed by atoms with Gasteiger partial charge in [0.15, 0.2) is 5.82 Å². The van der Waals surface area contributed by atoms with Gasteiger partial charge in [-0.25, -0.2) is 9.67 Å². The van der Waals surface area contributed by atoms with E-state index in [1.165, 1.54) is 24.4 Å². The predicted octanol–water partition coefficient (Wildman–Crippen LogP) is 1.25. The van der Waals surface area contributed by atoms with E-state index < -0.39 is 0 Å². The highest BCUT2D eigenvalue weighted by Crippen LogP contribution is 2.38. The van der Waals surface area contributed by atoms with Gasteiger partial charge in [-0.05, 0) is 18.9 Å². The van der Waals surface area contributed by atoms with Gasteiger partial charge in [0.25, 0.3) is 5.56 Å². The highest BCUT2D eigenvalue weighted by atomic mass is 32.1. The molecule has 1 aliphatic heterocycles. The molecule has 0 radical (unpaired) electrons. The minimum atomic E-state index is -0.00820. The summed E-state index contributed by atoms with van der Waals surface area (Å²) in [4.78, 5) is 18.6. The van der Waals surface area contributed by atoms with Crippen LogP contribution in [0.25, 0.3) is 0 Å². The average Bonchev–Trinajstić information content (AvgIpc) is 3.25. The maximum atomic E-state index is 12.0. The smallest absolute Gasteiger partial charge is 0.266 e. The summed E-state index contributed by atoms with van der Waals surface area (Å²) < 4.78 is 10.9. The van der Waals surface area contributed by atoms with Crippen molar-refractivity contribution in [3.63, 3.8) is 0 Å². The van der Waals surface area contributed by atoms with E-state index >= 15 is 0 Å². The number of ether oxygens (including phenoxy) is 1. The molecule has 0 spiro atoms. The number of anilines is 1. The second-order valence-corrected chi connectivity index (χ2v) is 6.98. The number of methoxy groups -OCH3 is 1. The summed E-state index contributed by atoms with van der Waals surface area (Å²) >= 11 is 1.40. The summed E-state index contributed by atoms with van der Waals surface area (Å²) in [5.74, 6) is 1.73. The van der Waals surface area contributed by atoms with Crippen LogP contribution in [0.3, 0.4) is 0 Å². The minimum absolute atomic E-state index is 0.00820. The average molecular weight is 333 g/mol. The monoisotopic (exact) mass is 333 g/mol. The Hall–Kier alpha value is -1.80. The van der Waals surface area contributed by atoms with Crippen LogP contribution in [0.15, 0.2) is 16.9 Å². The van der Waals surface area contributed by atoms with E-state index in [4.69, 9.17) is 4.74 Å². The molecule has 0 unspecified atom stereocenters. The van der Waals surface area contributed by atoms with Crippen LogP contribution in [-0.2, 0) is 17.9 Å². The standard InChI is InChI=1S/C15H19N5O2S/c1-22-9-13-16-15(23-18-13)19-6-10(7-19)8-20-14(21)5-4-12(17-20)11-2-3-11/h4-5,10-11H,2-3,6-9H2,1H3. The summed E-state index contributed by atoms with van der Waals surface area (Å²) in [5, 5.41) is 5.46. The zero-order valence-corrected chi connectivity index (χ0v) is 13.8. The number of hydrogen-bond acceptors (Lipinski definition) is 7. The lowest BCUT2D eigenvalue weighted by Gasteiger charge is -2.38. The molecule has 0 aromatic carbocycles. The van der Waals surface area contributed by atoms with Gasteiger partial charge in [0.05, 0.1) is 12.2 Å². The van der Waals surface area contributed by atoms with E-state index in [1.807, 2.05) is 6.07 Å². The number of hydrogen-bond donors (Lipinski definition) is 0. The quantitative estimate of drug-likeness (QED) is 0.792. The molecule has 2 fully saturated rings. The van der Waals surface area contributed by atoms with Crippen molar-refractivity contribution in [1.29, 1.82) is 0 Å². The van der Waals surface area contributed by atoms with Crippen LogP contribution in [0.4, 0.5) is 5.13 Å². The topological polar surface area (TPSA) is 73.1 Å². The third-order valence-corrected chi connectivity index (χ3v) is 5.09. The minimum Gasteiger partial charge on any atom is -0.377 e. The molecule has 0 amide bonds. The van der Waals surface area contributed by atoms with Crippen LogP contribution >= 0.6 is 11.5 Å². The SMILES string of the molecule is COCc1nsc(N2CC(Cn3nc(C4CC4)ccc3=O)C2)n1. The number of rotatable bonds is 6. The van der Waals surface area contributed by atoms with E-state index in [0.29, 0.717) is 25.0 Å². The van der Waals surface area contributed by atoms with E-state index in [1.54, 1.807) is 17.9 Å². The van der Waals surface area contributed by atoms with E-state index in [0.717, 1.165) is 29.7 Å². The molecule has 2 aliphatic rings. The van der Waals surface area contributed by atoms with Crippen molar-refractivity contribution >= 4 is 16.7 Å². The fraction of sp³-hybridized carbons (Fsp3) is 0.600. The molecular weight excluding hydrogens is 314 g/mol. The number of nitrogens with zero attached hydrogens (tertiary/aromatic N) is 5. The summed E-state index contributed by atoms with van der Waals surface area (Å²) in [6, 6.07) is 3.53. The lowest BCUT2D eigenvalue weighted by Crippen LogP contribution is -2.49. The molecule has 0 N–H and O–H groups in total. The molecule has 0 atom stereocenters. The lowest BCUT2D eigenvalue weighted by molar-refractivity contribution is 0.179. The van der Waals surface area contributed by atoms with Crippen LogP contribution < -0.4 is 10.5 Å². The number of aromatic nitrogens is 4. The third kappa shape index (κ3) is 3.13. The Morgan fingerprint density at radius 2 is 2.17 bits per heavy atom. The Bertz CT molecular complexity index is 748. The van der Waals surface area contributed by atoms with Gasteiger partial charge in [0.1, 0.15) is 6.61 Å². The molecule has 1 aliphatic carbocycles. The molecule has 3 heterocycles. The van der Waals surface area contributed by atoms with Crippen LogP contribution in [0, 0.1) is 5.92 Å². The summed E-state index contributed by atoms with van der Waals surface area (Å²) in [5.41, 5.74) is 1.06. The van der Waals surface area contributed by atoms with E-state index in [9.17, 15) is 4.79 Å². The summed E-state index contributed by atoms with van der Waals surface area (Å²) in [7, 11) is 1.64. The van der Waals surface area contributed by atoms with Crippen molar-refractivity contribution < 1.29 is 4.74 Å². The van der Waals surface area contributed by atoms with Crippen molar-refractivity contribution in [2.24, 2.45) is 5.92 Å². The zero-order chi connectivity index (χ0) is 15.8. The molecule has 0 bridgehead atoms. The van der Waals surface area contributed by atoms with Gasteiger partial charge in [-0.1, -0.05) is 0 Å². The molecule has 4 rings (SSSR count). The molecule has 8 heteroatoms. The van der Waals surface area contributed by atoms with Crippen molar-refractivity contribution in [3.8, 4) is 0 Å². The lowest BCUT2D eigenvalue weighted by atomic mass is 10.0. The van der Waals surface area contributed by atoms with Crippen molar-refractivity contribution in [1.82, 2.24) is 19.1 Å². The van der Waals surface area contributed by atoms with Crippen LogP contribution in [0.1, 0.15) is 30.3 Å². The summed E-state index contributed by atoms with van der Waals surface area (Å²) in [6.07, 6.45) is 2.40. The van der Waals surface area contributed by atoms with Crippen LogP contribution in [-0.4, -0.2) is 39.3 Å². The third-order valence-electron chi connectivity index (χ3n) is 4.27. The molecule has 1 saturated heterocycles. The fourth-order valence-corrected chi connectivity index (χ4v) is 3.53. The Balaban J connectivity index is 1.37. The first-order valence-corrected chi connectivity index (χ1v) is 8.65. The van der Waals surface area contributed by atoms with Gasteiger partial charge < -0.3 is 9.64 Å². The van der Waals surface area contributed by atoms with Crippen LogP contribution in [0.2, 0.25) is 0 Å². The molecule has 1 saturated carbocycles. The van der Waals surface area contributed by atoms with Gasteiger partial charge >= 0.3 is 0 Å². The maximum Gasteiger partial charge on any atom is 0.266 e. The highest BCUT2D eigenvalue weighted by Gasteiger charge is 2.31. The first-order valence-electron chi connectivity index (χ1n) is 7.87. The normalized spacial score (nSPS) is 18.2. The fourth-order valence-electron chi connectivity index (χ4n) is 2.84. The zero-order valence-electron chi connectivity index (χ0n) is 13.0. The first-order chi connectivity index (χ1) is 11.2. The van der Waals surface area contributed by atoms with Crippen molar-refractivity contribution in [2.45, 2.75) is 31.9 Å². The van der Waals surface area contributed by atoms with Gasteiger partial charge in [-0.15, -0.1) is 0 Å². The maximum absolute atomic E-state index is 12.0. The van der Waals surface area contributed by atoms with Crippen LogP contribution in [0.5, 0.6) is 0 Å². The van der Waals surface area contributed by atoms with E-state index in [-0.39, 0.29) is 5.56 Å². The molecular formula is C15H19N5O2S. The van der Waals surface area contributed by atoms with Crippen molar-refractivity contribution in [3.05, 3.63) is 34.0 Å². The second-order valence-electron chi connectivity index (χ2n) is 6.25. The van der Waals surface area contributed by atoms with E-state index in [2.05, 4.69) is 19.4 Å². The Labute approximate surface area is 138 Å². The summed E-state index contributed by atoms with van der Waals surface area (Å²) in [6.45, 7) is 2.91. The molecule has 2 aromatic rings. The Kier molecular flexibility index (Phi) is 3.86. The highest BCUT2D eigenvalue weighted by molar-refractivity contribution is 7.09. The molecule has 122 valence electrons. The van der Waals surface area contributed by atoms with Crippen molar-refractivity contribution in [2.75, 3.05) is 25.1 Å². The van der Waals surface area contributed by atoms with Gasteiger partial charge in [0.2, 0.25) is 5.13 Å². The second kappa shape index (κ2) is 6.01. The van der Waals surface area contributed by atoms with Gasteiger partial charge in [0, 0.05) is 49.6 Å². The molecule has 7 nitrogen and oxygen atoms in total. The first kappa shape index (κ1) is 14.8. The largest absolute Gasteiger partial charge is 0.377 e. The Morgan fingerprint density at radius 1 is 1.35 bits per heavy atom. The molecule has 23 heavy (non-hydrogen) atoms. The van der Waals surface area contributed by atoms with Gasteiger partial charge in [-0.2, -0.15) is 9.47 Å². The van der Waals surface area contributed by atoms with Gasteiger partial charge in [-0.3, -0.25) is 4.79 Å². The Morgan fingerprint density at radius 3 is 2.91 bits per heavy atom.